The zero-order valence-electron chi connectivity index (χ0n) is 11.6. The maximum atomic E-state index is 5.78. The van der Waals surface area contributed by atoms with E-state index in [-0.39, 0.29) is 0 Å². The van der Waals surface area contributed by atoms with Crippen LogP contribution in [-0.2, 0) is 0 Å². The molecule has 2 aromatic rings. The summed E-state index contributed by atoms with van der Waals surface area (Å²) in [4.78, 5) is 0. The van der Waals surface area contributed by atoms with Crippen molar-refractivity contribution in [3.8, 4) is 11.5 Å². The third kappa shape index (κ3) is 2.11. The van der Waals surface area contributed by atoms with Gasteiger partial charge in [-0.1, -0.05) is 30.3 Å². The van der Waals surface area contributed by atoms with E-state index >= 15 is 0 Å². The van der Waals surface area contributed by atoms with Gasteiger partial charge < -0.3 is 14.8 Å². The minimum Gasteiger partial charge on any atom is -0.497 e. The Bertz CT molecular complexity index is 662. The summed E-state index contributed by atoms with van der Waals surface area (Å²) in [7, 11) is 3.61. The lowest BCUT2D eigenvalue weighted by Gasteiger charge is -2.24. The van der Waals surface area contributed by atoms with Gasteiger partial charge >= 0.3 is 0 Å². The second-order valence-corrected chi connectivity index (χ2v) is 4.62. The fourth-order valence-corrected chi connectivity index (χ4v) is 2.49. The van der Waals surface area contributed by atoms with E-state index in [4.69, 9.17) is 9.47 Å². The highest BCUT2D eigenvalue weighted by molar-refractivity contribution is 5.86. The molecule has 0 aliphatic carbocycles. The van der Waals surface area contributed by atoms with E-state index in [9.17, 15) is 0 Å². The van der Waals surface area contributed by atoms with Crippen LogP contribution in [0, 0.1) is 0 Å². The quantitative estimate of drug-likeness (QED) is 0.927. The first-order valence-corrected chi connectivity index (χ1v) is 6.61. The lowest BCUT2D eigenvalue weighted by atomic mass is 9.93. The fraction of sp³-hybridized carbons (Fsp3) is 0.176. The number of likely N-dealkylation sites (N-methyl/N-ethyl adjacent to an activating group) is 1. The van der Waals surface area contributed by atoms with Crippen LogP contribution >= 0.6 is 0 Å². The number of rotatable bonds is 3. The maximum absolute atomic E-state index is 5.78. The first-order valence-electron chi connectivity index (χ1n) is 6.61. The molecule has 2 aromatic carbocycles. The number of methoxy groups -OCH3 is 1. The van der Waals surface area contributed by atoms with Gasteiger partial charge in [0.05, 0.1) is 12.8 Å². The largest absolute Gasteiger partial charge is 0.497 e. The van der Waals surface area contributed by atoms with Gasteiger partial charge in [0.1, 0.15) is 18.1 Å². The number of benzene rings is 2. The van der Waals surface area contributed by atoms with Crippen LogP contribution in [0.3, 0.4) is 0 Å². The second kappa shape index (κ2) is 5.29. The van der Waals surface area contributed by atoms with Crippen molar-refractivity contribution in [3.05, 3.63) is 65.4 Å². The topological polar surface area (TPSA) is 30.5 Å². The molecule has 102 valence electrons. The molecule has 1 heterocycles. The summed E-state index contributed by atoms with van der Waals surface area (Å²) in [5, 5.41) is 3.24. The number of ether oxygens (including phenoxy) is 2. The van der Waals surface area contributed by atoms with E-state index in [0.717, 1.165) is 28.3 Å². The van der Waals surface area contributed by atoms with Crippen molar-refractivity contribution >= 4 is 5.57 Å². The van der Waals surface area contributed by atoms with Gasteiger partial charge in [-0.05, 0) is 23.8 Å². The molecule has 0 unspecified atom stereocenters. The van der Waals surface area contributed by atoms with Crippen molar-refractivity contribution in [2.45, 2.75) is 0 Å². The van der Waals surface area contributed by atoms with Crippen LogP contribution < -0.4 is 14.8 Å². The Balaban J connectivity index is 2.19. The standard InChI is InChI=1S/C17H17NO2/c1-18-15-11-20-16-9-4-3-8-14(16)17(15)12-6-5-7-13(10-12)19-2/h3-10,18H,11H2,1-2H3. The van der Waals surface area contributed by atoms with Crippen LogP contribution in [-0.4, -0.2) is 20.8 Å². The van der Waals surface area contributed by atoms with E-state index in [0.29, 0.717) is 6.61 Å². The van der Waals surface area contributed by atoms with Crippen LogP contribution in [0.4, 0.5) is 0 Å². The minimum atomic E-state index is 0.556. The zero-order chi connectivity index (χ0) is 13.9. The molecule has 1 aliphatic rings. The number of hydrogen-bond acceptors (Lipinski definition) is 3. The van der Waals surface area contributed by atoms with Crippen molar-refractivity contribution in [3.63, 3.8) is 0 Å². The van der Waals surface area contributed by atoms with Gasteiger partial charge in [-0.15, -0.1) is 0 Å². The smallest absolute Gasteiger partial charge is 0.128 e. The third-order valence-electron chi connectivity index (χ3n) is 3.49. The van der Waals surface area contributed by atoms with Crippen molar-refractivity contribution < 1.29 is 9.47 Å². The summed E-state index contributed by atoms with van der Waals surface area (Å²) in [5.41, 5.74) is 4.49. The van der Waals surface area contributed by atoms with E-state index in [2.05, 4.69) is 23.5 Å². The molecule has 0 amide bonds. The summed E-state index contributed by atoms with van der Waals surface area (Å²) in [6.07, 6.45) is 0. The van der Waals surface area contributed by atoms with Gasteiger partial charge in [0, 0.05) is 18.2 Å². The summed E-state index contributed by atoms with van der Waals surface area (Å²) < 4.78 is 11.1. The van der Waals surface area contributed by atoms with E-state index < -0.39 is 0 Å². The predicted octanol–water partition coefficient (Wildman–Crippen LogP) is 3.07. The minimum absolute atomic E-state index is 0.556. The molecular weight excluding hydrogens is 250 g/mol. The van der Waals surface area contributed by atoms with Gasteiger partial charge in [-0.3, -0.25) is 0 Å². The number of para-hydroxylation sites is 1. The van der Waals surface area contributed by atoms with Gasteiger partial charge in [0.15, 0.2) is 0 Å². The lowest BCUT2D eigenvalue weighted by molar-refractivity contribution is 0.338. The highest BCUT2D eigenvalue weighted by Gasteiger charge is 2.20. The van der Waals surface area contributed by atoms with Gasteiger partial charge in [0.25, 0.3) is 0 Å². The molecule has 0 atom stereocenters. The Morgan fingerprint density at radius 1 is 1.10 bits per heavy atom. The molecule has 1 N–H and O–H groups in total. The molecule has 0 aromatic heterocycles. The number of fused-ring (bicyclic) bond motifs is 1. The monoisotopic (exact) mass is 267 g/mol. The Morgan fingerprint density at radius 3 is 2.75 bits per heavy atom. The maximum Gasteiger partial charge on any atom is 0.128 e. The van der Waals surface area contributed by atoms with Gasteiger partial charge in [0.2, 0.25) is 0 Å². The van der Waals surface area contributed by atoms with Gasteiger partial charge in [-0.2, -0.15) is 0 Å². The molecule has 0 fully saturated rings. The summed E-state index contributed by atoms with van der Waals surface area (Å²) >= 11 is 0. The number of nitrogens with one attached hydrogen (secondary N) is 1. The molecule has 3 heteroatoms. The van der Waals surface area contributed by atoms with Crippen molar-refractivity contribution in [1.82, 2.24) is 5.32 Å². The van der Waals surface area contributed by atoms with Crippen molar-refractivity contribution in [2.24, 2.45) is 0 Å². The Morgan fingerprint density at radius 2 is 1.95 bits per heavy atom. The molecular formula is C17H17NO2. The summed E-state index contributed by atoms with van der Waals surface area (Å²) in [6, 6.07) is 16.2. The van der Waals surface area contributed by atoms with Crippen LogP contribution in [0.2, 0.25) is 0 Å². The van der Waals surface area contributed by atoms with Crippen LogP contribution in [0.15, 0.2) is 54.2 Å². The van der Waals surface area contributed by atoms with Crippen LogP contribution in [0.25, 0.3) is 5.57 Å². The Kier molecular flexibility index (Phi) is 3.33. The fourth-order valence-electron chi connectivity index (χ4n) is 2.49. The zero-order valence-corrected chi connectivity index (χ0v) is 11.6. The van der Waals surface area contributed by atoms with Gasteiger partial charge in [-0.25, -0.2) is 0 Å². The van der Waals surface area contributed by atoms with Crippen molar-refractivity contribution in [1.29, 1.82) is 0 Å². The average Bonchev–Trinajstić information content (AvgIpc) is 2.53. The first kappa shape index (κ1) is 12.6. The molecule has 3 nitrogen and oxygen atoms in total. The predicted molar refractivity (Wildman–Crippen MR) is 80.0 cm³/mol. The molecule has 20 heavy (non-hydrogen) atoms. The van der Waals surface area contributed by atoms with E-state index in [1.165, 1.54) is 5.57 Å². The van der Waals surface area contributed by atoms with Crippen LogP contribution in [0.1, 0.15) is 11.1 Å². The highest BCUT2D eigenvalue weighted by atomic mass is 16.5. The van der Waals surface area contributed by atoms with Crippen molar-refractivity contribution in [2.75, 3.05) is 20.8 Å². The second-order valence-electron chi connectivity index (χ2n) is 4.62. The van der Waals surface area contributed by atoms with Crippen LogP contribution in [0.5, 0.6) is 11.5 Å². The molecule has 0 radical (unpaired) electrons. The van der Waals surface area contributed by atoms with E-state index in [1.54, 1.807) is 7.11 Å². The molecule has 0 bridgehead atoms. The molecule has 3 rings (SSSR count). The molecule has 1 aliphatic heterocycles. The lowest BCUT2D eigenvalue weighted by Crippen LogP contribution is -2.21. The third-order valence-corrected chi connectivity index (χ3v) is 3.49. The number of hydrogen-bond donors (Lipinski definition) is 1. The molecule has 0 spiro atoms. The molecule has 0 saturated carbocycles. The normalized spacial score (nSPS) is 13.5. The SMILES string of the molecule is CNC1=C(c2cccc(OC)c2)c2ccccc2OC1. The molecule has 0 saturated heterocycles. The van der Waals surface area contributed by atoms with E-state index in [1.807, 2.05) is 37.4 Å². The summed E-state index contributed by atoms with van der Waals surface area (Å²) in [6.45, 7) is 0.556. The average molecular weight is 267 g/mol. The Hall–Kier alpha value is -2.42. The summed E-state index contributed by atoms with van der Waals surface area (Å²) in [5.74, 6) is 1.78. The highest BCUT2D eigenvalue weighted by Crippen LogP contribution is 2.37. The first-order chi connectivity index (χ1) is 9.83. The Labute approximate surface area is 118 Å².